The van der Waals surface area contributed by atoms with E-state index < -0.39 is 5.97 Å². The summed E-state index contributed by atoms with van der Waals surface area (Å²) in [6, 6.07) is 13.9. The third-order valence-electron chi connectivity index (χ3n) is 3.58. The maximum absolute atomic E-state index is 12.3. The fourth-order valence-electron chi connectivity index (χ4n) is 2.51. The minimum atomic E-state index is -1.08. The predicted molar refractivity (Wildman–Crippen MR) is 86.5 cm³/mol. The van der Waals surface area contributed by atoms with E-state index in [9.17, 15) is 9.59 Å². The van der Waals surface area contributed by atoms with Crippen LogP contribution in [0.25, 0.3) is 11.0 Å². The lowest BCUT2D eigenvalue weighted by Gasteiger charge is -2.10. The van der Waals surface area contributed by atoms with Gasteiger partial charge in [0.2, 0.25) is 5.91 Å². The van der Waals surface area contributed by atoms with Crippen molar-refractivity contribution in [2.24, 2.45) is 0 Å². The van der Waals surface area contributed by atoms with Gasteiger partial charge in [-0.25, -0.2) is 9.78 Å². The summed E-state index contributed by atoms with van der Waals surface area (Å²) in [5.74, 6) is -0.650. The highest BCUT2D eigenvalue weighted by atomic mass is 16.4. The normalized spacial score (nSPS) is 10.7. The number of aryl methyl sites for hydroxylation is 1. The molecule has 0 saturated carbocycles. The number of carboxylic acid groups (broad SMARTS) is 1. The van der Waals surface area contributed by atoms with E-state index in [1.54, 1.807) is 22.8 Å². The summed E-state index contributed by atoms with van der Waals surface area (Å²) in [5.41, 5.74) is 2.04. The summed E-state index contributed by atoms with van der Waals surface area (Å²) >= 11 is 0. The minimum Gasteiger partial charge on any atom is -0.478 e. The molecule has 3 rings (SSSR count). The van der Waals surface area contributed by atoms with Crippen molar-refractivity contribution in [3.8, 4) is 0 Å². The Bertz CT molecular complexity index is 899. The van der Waals surface area contributed by atoms with Gasteiger partial charge in [0.1, 0.15) is 12.4 Å². The number of fused-ring (bicyclic) bond motifs is 1. The van der Waals surface area contributed by atoms with Crippen molar-refractivity contribution < 1.29 is 14.7 Å². The lowest BCUT2D eigenvalue weighted by atomic mass is 10.2. The Morgan fingerprint density at radius 3 is 2.61 bits per heavy atom. The number of hydrogen-bond acceptors (Lipinski definition) is 3. The third kappa shape index (κ3) is 2.91. The van der Waals surface area contributed by atoms with Crippen LogP contribution in [0, 0.1) is 6.92 Å². The minimum absolute atomic E-state index is 0.0630. The molecule has 0 fully saturated rings. The van der Waals surface area contributed by atoms with Crippen LogP contribution in [0.3, 0.4) is 0 Å². The van der Waals surface area contributed by atoms with Crippen molar-refractivity contribution in [2.75, 3.05) is 5.32 Å². The molecule has 0 aliphatic rings. The van der Waals surface area contributed by atoms with Crippen LogP contribution in [0.15, 0.2) is 48.5 Å². The number of nitrogens with one attached hydrogen (secondary N) is 1. The number of para-hydroxylation sites is 3. The Labute approximate surface area is 132 Å². The molecule has 1 aromatic heterocycles. The molecule has 0 atom stereocenters. The number of carbonyl (C=O) groups excluding carboxylic acids is 1. The molecule has 23 heavy (non-hydrogen) atoms. The molecular formula is C17H15N3O3. The van der Waals surface area contributed by atoms with E-state index >= 15 is 0 Å². The molecule has 0 unspecified atom stereocenters. The fraction of sp³-hybridized carbons (Fsp3) is 0.118. The molecule has 0 radical (unpaired) electrons. The number of nitrogens with zero attached hydrogens (tertiary/aromatic N) is 2. The van der Waals surface area contributed by atoms with Crippen molar-refractivity contribution >= 4 is 28.6 Å². The van der Waals surface area contributed by atoms with Gasteiger partial charge in [0.25, 0.3) is 0 Å². The van der Waals surface area contributed by atoms with Gasteiger partial charge in [-0.05, 0) is 31.2 Å². The second-order valence-corrected chi connectivity index (χ2v) is 5.13. The number of amides is 1. The summed E-state index contributed by atoms with van der Waals surface area (Å²) in [4.78, 5) is 27.9. The molecule has 0 bridgehead atoms. The fourth-order valence-corrected chi connectivity index (χ4v) is 2.51. The zero-order valence-corrected chi connectivity index (χ0v) is 12.5. The van der Waals surface area contributed by atoms with Crippen LogP contribution in [0.4, 0.5) is 5.69 Å². The standard InChI is InChI=1S/C17H15N3O3/c1-11-18-14-8-4-5-9-15(14)20(11)10-16(21)19-13-7-3-2-6-12(13)17(22)23/h2-9H,10H2,1H3,(H,19,21)(H,22,23). The first-order chi connectivity index (χ1) is 11.1. The number of hydrogen-bond donors (Lipinski definition) is 2. The third-order valence-corrected chi connectivity index (χ3v) is 3.58. The van der Waals surface area contributed by atoms with Crippen LogP contribution >= 0.6 is 0 Å². The molecular weight excluding hydrogens is 294 g/mol. The molecule has 6 nitrogen and oxygen atoms in total. The van der Waals surface area contributed by atoms with Gasteiger partial charge in [-0.2, -0.15) is 0 Å². The lowest BCUT2D eigenvalue weighted by Crippen LogP contribution is -2.20. The van der Waals surface area contributed by atoms with E-state index in [-0.39, 0.29) is 23.7 Å². The Morgan fingerprint density at radius 1 is 1.13 bits per heavy atom. The second kappa shape index (κ2) is 5.92. The van der Waals surface area contributed by atoms with Crippen LogP contribution in [0.2, 0.25) is 0 Å². The highest BCUT2D eigenvalue weighted by Crippen LogP contribution is 2.17. The van der Waals surface area contributed by atoms with Gasteiger partial charge in [0, 0.05) is 0 Å². The Balaban J connectivity index is 1.85. The quantitative estimate of drug-likeness (QED) is 0.776. The summed E-state index contributed by atoms with van der Waals surface area (Å²) in [5, 5.41) is 11.8. The summed E-state index contributed by atoms with van der Waals surface area (Å²) in [6.07, 6.45) is 0. The maximum atomic E-state index is 12.3. The van der Waals surface area contributed by atoms with Gasteiger partial charge in [0.05, 0.1) is 22.3 Å². The summed E-state index contributed by atoms with van der Waals surface area (Å²) < 4.78 is 1.80. The summed E-state index contributed by atoms with van der Waals surface area (Å²) in [7, 11) is 0. The molecule has 0 spiro atoms. The van der Waals surface area contributed by atoms with Crippen molar-refractivity contribution in [3.63, 3.8) is 0 Å². The first-order valence-corrected chi connectivity index (χ1v) is 7.10. The zero-order valence-electron chi connectivity index (χ0n) is 12.5. The van der Waals surface area contributed by atoms with Crippen molar-refractivity contribution in [2.45, 2.75) is 13.5 Å². The number of carboxylic acids is 1. The van der Waals surface area contributed by atoms with Gasteiger partial charge >= 0.3 is 5.97 Å². The van der Waals surface area contributed by atoms with E-state index in [0.29, 0.717) is 0 Å². The lowest BCUT2D eigenvalue weighted by molar-refractivity contribution is -0.116. The number of aromatic nitrogens is 2. The second-order valence-electron chi connectivity index (χ2n) is 5.13. The number of imidazole rings is 1. The molecule has 1 amide bonds. The monoisotopic (exact) mass is 309 g/mol. The number of rotatable bonds is 4. The van der Waals surface area contributed by atoms with E-state index in [1.165, 1.54) is 6.07 Å². The van der Waals surface area contributed by atoms with Crippen molar-refractivity contribution in [3.05, 3.63) is 59.9 Å². The SMILES string of the molecule is Cc1nc2ccccc2n1CC(=O)Nc1ccccc1C(=O)O. The van der Waals surface area contributed by atoms with Crippen molar-refractivity contribution in [1.29, 1.82) is 0 Å². The Morgan fingerprint density at radius 2 is 1.83 bits per heavy atom. The van der Waals surface area contributed by atoms with Gasteiger partial charge in [-0.15, -0.1) is 0 Å². The number of aromatic carboxylic acids is 1. The molecule has 0 aliphatic heterocycles. The largest absolute Gasteiger partial charge is 0.478 e. The van der Waals surface area contributed by atoms with Gasteiger partial charge in [-0.1, -0.05) is 24.3 Å². The van der Waals surface area contributed by atoms with E-state index in [2.05, 4.69) is 10.3 Å². The highest BCUT2D eigenvalue weighted by Gasteiger charge is 2.14. The number of benzene rings is 2. The smallest absolute Gasteiger partial charge is 0.337 e. The average Bonchev–Trinajstić information content (AvgIpc) is 2.83. The molecule has 0 aliphatic carbocycles. The zero-order chi connectivity index (χ0) is 16.4. The summed E-state index contributed by atoms with van der Waals surface area (Å²) in [6.45, 7) is 1.90. The molecule has 116 valence electrons. The first-order valence-electron chi connectivity index (χ1n) is 7.10. The average molecular weight is 309 g/mol. The van der Waals surface area contributed by atoms with Crippen LogP contribution in [-0.4, -0.2) is 26.5 Å². The van der Waals surface area contributed by atoms with Crippen molar-refractivity contribution in [1.82, 2.24) is 9.55 Å². The molecule has 2 aromatic carbocycles. The Hall–Kier alpha value is -3.15. The van der Waals surface area contributed by atoms with E-state index in [0.717, 1.165) is 16.9 Å². The van der Waals surface area contributed by atoms with E-state index in [4.69, 9.17) is 5.11 Å². The van der Waals surface area contributed by atoms with Gasteiger partial charge in [-0.3, -0.25) is 4.79 Å². The maximum Gasteiger partial charge on any atom is 0.337 e. The number of carbonyl (C=O) groups is 2. The number of anilines is 1. The van der Waals surface area contributed by atoms with Crippen LogP contribution in [0.1, 0.15) is 16.2 Å². The predicted octanol–water partition coefficient (Wildman–Crippen LogP) is 2.68. The highest BCUT2D eigenvalue weighted by molar-refractivity contribution is 6.00. The van der Waals surface area contributed by atoms with E-state index in [1.807, 2.05) is 31.2 Å². The molecule has 0 saturated heterocycles. The Kier molecular flexibility index (Phi) is 3.80. The molecule has 1 heterocycles. The van der Waals surface area contributed by atoms with Gasteiger partial charge < -0.3 is 15.0 Å². The molecule has 6 heteroatoms. The molecule has 3 aromatic rings. The molecule has 2 N–H and O–H groups in total. The van der Waals surface area contributed by atoms with Crippen LogP contribution in [-0.2, 0) is 11.3 Å². The van der Waals surface area contributed by atoms with Crippen LogP contribution in [0.5, 0.6) is 0 Å². The topological polar surface area (TPSA) is 84.2 Å². The van der Waals surface area contributed by atoms with Gasteiger partial charge in [0.15, 0.2) is 0 Å². The van der Waals surface area contributed by atoms with Crippen LogP contribution < -0.4 is 5.32 Å². The first kappa shape index (κ1) is 14.8.